The Hall–Kier alpha value is -3.14. The minimum atomic E-state index is -0.155. The SMILES string of the molecule is CC(C1=NNC(=O)/C1=C\c1c[nH]c2ccccc12)c1ccccc1. The zero-order valence-corrected chi connectivity index (χ0v) is 13.3. The van der Waals surface area contributed by atoms with E-state index in [1.165, 1.54) is 0 Å². The lowest BCUT2D eigenvalue weighted by atomic mass is 9.91. The highest BCUT2D eigenvalue weighted by Crippen LogP contribution is 2.27. The van der Waals surface area contributed by atoms with Crippen molar-refractivity contribution in [3.63, 3.8) is 0 Å². The van der Waals surface area contributed by atoms with E-state index >= 15 is 0 Å². The highest BCUT2D eigenvalue weighted by Gasteiger charge is 2.27. The van der Waals surface area contributed by atoms with Crippen LogP contribution in [-0.2, 0) is 4.79 Å². The maximum atomic E-state index is 12.3. The second kappa shape index (κ2) is 5.81. The fraction of sp³-hybridized carbons (Fsp3) is 0.100. The van der Waals surface area contributed by atoms with Crippen LogP contribution >= 0.6 is 0 Å². The molecule has 1 aliphatic heterocycles. The van der Waals surface area contributed by atoms with Crippen LogP contribution in [0.2, 0.25) is 0 Å². The van der Waals surface area contributed by atoms with Gasteiger partial charge < -0.3 is 4.98 Å². The van der Waals surface area contributed by atoms with Crippen molar-refractivity contribution in [1.29, 1.82) is 0 Å². The van der Waals surface area contributed by atoms with Gasteiger partial charge in [-0.2, -0.15) is 5.10 Å². The minimum absolute atomic E-state index is 0.0432. The molecule has 118 valence electrons. The smallest absolute Gasteiger partial charge is 0.273 e. The molecule has 0 fully saturated rings. The Balaban J connectivity index is 1.75. The molecule has 0 bridgehead atoms. The number of H-pyrrole nitrogens is 1. The van der Waals surface area contributed by atoms with Crippen LogP contribution in [0.4, 0.5) is 0 Å². The van der Waals surface area contributed by atoms with E-state index in [4.69, 9.17) is 0 Å². The van der Waals surface area contributed by atoms with Gasteiger partial charge in [-0.3, -0.25) is 4.79 Å². The van der Waals surface area contributed by atoms with Crippen LogP contribution in [0.1, 0.15) is 24.0 Å². The molecule has 1 atom stereocenters. The number of para-hydroxylation sites is 1. The minimum Gasteiger partial charge on any atom is -0.361 e. The molecule has 2 heterocycles. The third kappa shape index (κ3) is 2.42. The first kappa shape index (κ1) is 14.5. The van der Waals surface area contributed by atoms with Crippen LogP contribution in [-0.4, -0.2) is 16.6 Å². The van der Waals surface area contributed by atoms with Crippen molar-refractivity contribution in [2.24, 2.45) is 5.10 Å². The van der Waals surface area contributed by atoms with Gasteiger partial charge in [0.05, 0.1) is 11.3 Å². The molecule has 0 radical (unpaired) electrons. The Kier molecular flexibility index (Phi) is 3.50. The van der Waals surface area contributed by atoms with Crippen molar-refractivity contribution < 1.29 is 4.79 Å². The largest absolute Gasteiger partial charge is 0.361 e. The van der Waals surface area contributed by atoms with E-state index in [0.29, 0.717) is 5.57 Å². The fourth-order valence-electron chi connectivity index (χ4n) is 3.09. The Morgan fingerprint density at radius 2 is 1.79 bits per heavy atom. The van der Waals surface area contributed by atoms with Gasteiger partial charge in [-0.05, 0) is 17.7 Å². The molecule has 4 nitrogen and oxygen atoms in total. The van der Waals surface area contributed by atoms with E-state index in [1.807, 2.05) is 54.7 Å². The zero-order valence-electron chi connectivity index (χ0n) is 13.3. The van der Waals surface area contributed by atoms with Gasteiger partial charge in [0.15, 0.2) is 0 Å². The van der Waals surface area contributed by atoms with Crippen LogP contribution in [0.5, 0.6) is 0 Å². The molecule has 1 aromatic heterocycles. The fourth-order valence-corrected chi connectivity index (χ4v) is 3.09. The third-order valence-corrected chi connectivity index (χ3v) is 4.43. The molecule has 3 aromatic rings. The molecule has 1 amide bonds. The van der Waals surface area contributed by atoms with Gasteiger partial charge in [0, 0.05) is 28.6 Å². The number of hydrazone groups is 1. The van der Waals surface area contributed by atoms with Gasteiger partial charge in [0.2, 0.25) is 0 Å². The number of nitrogens with zero attached hydrogens (tertiary/aromatic N) is 1. The van der Waals surface area contributed by atoms with Crippen molar-refractivity contribution in [3.05, 3.63) is 77.5 Å². The van der Waals surface area contributed by atoms with Crippen molar-refractivity contribution in [2.75, 3.05) is 0 Å². The molecule has 4 heteroatoms. The normalized spacial score (nSPS) is 17.1. The Labute approximate surface area is 139 Å². The molecule has 0 saturated heterocycles. The standard InChI is InChI=1S/C20H17N3O/c1-13(14-7-3-2-4-8-14)19-17(20(24)23-22-19)11-15-12-21-18-10-6-5-9-16(15)18/h2-13,21H,1H3,(H,23,24)/b17-11-. The maximum absolute atomic E-state index is 12.3. The topological polar surface area (TPSA) is 57.2 Å². The highest BCUT2D eigenvalue weighted by molar-refractivity contribution is 6.29. The number of aromatic nitrogens is 1. The number of carbonyl (C=O) groups is 1. The lowest BCUT2D eigenvalue weighted by Gasteiger charge is -2.11. The van der Waals surface area contributed by atoms with Gasteiger partial charge in [0.1, 0.15) is 0 Å². The van der Waals surface area contributed by atoms with E-state index in [2.05, 4.69) is 34.6 Å². The number of aromatic amines is 1. The van der Waals surface area contributed by atoms with Crippen LogP contribution in [0, 0.1) is 0 Å². The van der Waals surface area contributed by atoms with Gasteiger partial charge >= 0.3 is 0 Å². The Morgan fingerprint density at radius 1 is 1.04 bits per heavy atom. The first-order valence-electron chi connectivity index (χ1n) is 7.95. The summed E-state index contributed by atoms with van der Waals surface area (Å²) in [4.78, 5) is 15.5. The number of hydrogen-bond acceptors (Lipinski definition) is 2. The summed E-state index contributed by atoms with van der Waals surface area (Å²) in [5.41, 5.74) is 7.18. The van der Waals surface area contributed by atoms with E-state index in [9.17, 15) is 4.79 Å². The van der Waals surface area contributed by atoms with Crippen LogP contribution in [0.15, 0.2) is 71.5 Å². The molecule has 24 heavy (non-hydrogen) atoms. The molecular formula is C20H17N3O. The molecule has 2 aromatic carbocycles. The second-order valence-corrected chi connectivity index (χ2v) is 5.92. The van der Waals surface area contributed by atoms with Crippen molar-refractivity contribution >= 4 is 28.6 Å². The first-order valence-corrected chi connectivity index (χ1v) is 7.95. The van der Waals surface area contributed by atoms with Crippen LogP contribution in [0.25, 0.3) is 17.0 Å². The third-order valence-electron chi connectivity index (χ3n) is 4.43. The summed E-state index contributed by atoms with van der Waals surface area (Å²) in [5.74, 6) is -0.111. The number of amides is 1. The maximum Gasteiger partial charge on any atom is 0.273 e. The molecule has 1 aliphatic rings. The summed E-state index contributed by atoms with van der Waals surface area (Å²) in [6.45, 7) is 2.07. The number of rotatable bonds is 3. The molecule has 4 rings (SSSR count). The number of nitrogens with one attached hydrogen (secondary N) is 2. The van der Waals surface area contributed by atoms with Gasteiger partial charge in [-0.25, -0.2) is 5.43 Å². The average Bonchev–Trinajstić information content (AvgIpc) is 3.20. The summed E-state index contributed by atoms with van der Waals surface area (Å²) in [5, 5.41) is 5.37. The zero-order chi connectivity index (χ0) is 16.5. The van der Waals surface area contributed by atoms with Crippen LogP contribution in [0.3, 0.4) is 0 Å². The van der Waals surface area contributed by atoms with Gasteiger partial charge in [-0.1, -0.05) is 55.5 Å². The van der Waals surface area contributed by atoms with Crippen molar-refractivity contribution in [2.45, 2.75) is 12.8 Å². The first-order chi connectivity index (χ1) is 11.7. The second-order valence-electron chi connectivity index (χ2n) is 5.92. The predicted molar refractivity (Wildman–Crippen MR) is 96.7 cm³/mol. The van der Waals surface area contributed by atoms with E-state index < -0.39 is 0 Å². The molecular weight excluding hydrogens is 298 g/mol. The molecule has 2 N–H and O–H groups in total. The Morgan fingerprint density at radius 3 is 2.62 bits per heavy atom. The molecule has 1 unspecified atom stereocenters. The average molecular weight is 315 g/mol. The summed E-state index contributed by atoms with van der Waals surface area (Å²) in [6.07, 6.45) is 3.84. The lowest BCUT2D eigenvalue weighted by Crippen LogP contribution is -2.15. The van der Waals surface area contributed by atoms with Gasteiger partial charge in [0.25, 0.3) is 5.91 Å². The number of fused-ring (bicyclic) bond motifs is 1. The molecule has 0 spiro atoms. The number of carbonyl (C=O) groups excluding carboxylic acids is 1. The van der Waals surface area contributed by atoms with E-state index in [1.54, 1.807) is 0 Å². The summed E-state index contributed by atoms with van der Waals surface area (Å²) >= 11 is 0. The summed E-state index contributed by atoms with van der Waals surface area (Å²) < 4.78 is 0. The van der Waals surface area contributed by atoms with Crippen LogP contribution < -0.4 is 5.43 Å². The van der Waals surface area contributed by atoms with Gasteiger partial charge in [-0.15, -0.1) is 0 Å². The van der Waals surface area contributed by atoms with Crippen molar-refractivity contribution in [3.8, 4) is 0 Å². The molecule has 0 saturated carbocycles. The predicted octanol–water partition coefficient (Wildman–Crippen LogP) is 3.84. The number of benzene rings is 2. The quantitative estimate of drug-likeness (QED) is 0.709. The summed E-state index contributed by atoms with van der Waals surface area (Å²) in [7, 11) is 0. The lowest BCUT2D eigenvalue weighted by molar-refractivity contribution is -0.116. The Bertz CT molecular complexity index is 967. The van der Waals surface area contributed by atoms with E-state index in [-0.39, 0.29) is 11.8 Å². The monoisotopic (exact) mass is 315 g/mol. The summed E-state index contributed by atoms with van der Waals surface area (Å²) in [6, 6.07) is 18.1. The number of hydrogen-bond donors (Lipinski definition) is 2. The van der Waals surface area contributed by atoms with Crippen molar-refractivity contribution in [1.82, 2.24) is 10.4 Å². The van der Waals surface area contributed by atoms with E-state index in [0.717, 1.165) is 27.7 Å². The highest BCUT2D eigenvalue weighted by atomic mass is 16.2. The molecule has 0 aliphatic carbocycles.